The van der Waals surface area contributed by atoms with Crippen molar-refractivity contribution < 1.29 is 4.79 Å². The van der Waals surface area contributed by atoms with Crippen LogP contribution in [0.3, 0.4) is 0 Å². The van der Waals surface area contributed by atoms with Crippen LogP contribution >= 0.6 is 0 Å². The molecule has 0 N–H and O–H groups in total. The molecule has 2 fully saturated rings. The molecule has 1 heterocycles. The number of benzene rings is 1. The van der Waals surface area contributed by atoms with Gasteiger partial charge in [0.25, 0.3) is 0 Å². The van der Waals surface area contributed by atoms with Crippen molar-refractivity contribution in [1.82, 2.24) is 0 Å². The molecule has 2 aliphatic rings. The molecular weight excluding hydrogens is 260 g/mol. The van der Waals surface area contributed by atoms with E-state index in [9.17, 15) is 10.1 Å². The van der Waals surface area contributed by atoms with Gasteiger partial charge in [-0.15, -0.1) is 0 Å². The molecule has 0 atom stereocenters. The first-order valence-electron chi connectivity index (χ1n) is 8.01. The van der Waals surface area contributed by atoms with Gasteiger partial charge in [-0.1, -0.05) is 19.3 Å². The van der Waals surface area contributed by atoms with Crippen molar-refractivity contribution in [3.8, 4) is 6.07 Å². The van der Waals surface area contributed by atoms with Gasteiger partial charge in [-0.2, -0.15) is 5.26 Å². The second kappa shape index (κ2) is 5.89. The van der Waals surface area contributed by atoms with Crippen molar-refractivity contribution in [3.63, 3.8) is 0 Å². The number of hydrogen-bond donors (Lipinski definition) is 0. The van der Waals surface area contributed by atoms with Gasteiger partial charge in [-0.25, -0.2) is 0 Å². The fourth-order valence-corrected chi connectivity index (χ4v) is 4.02. The number of rotatable bonds is 2. The Hall–Kier alpha value is -1.82. The second-order valence-corrected chi connectivity index (χ2v) is 6.55. The highest BCUT2D eigenvalue weighted by atomic mass is 16.1. The third-order valence-electron chi connectivity index (χ3n) is 5.36. The van der Waals surface area contributed by atoms with E-state index in [2.05, 4.69) is 11.0 Å². The zero-order chi connectivity index (χ0) is 14.7. The van der Waals surface area contributed by atoms with E-state index in [1.54, 1.807) is 6.07 Å². The molecule has 3 heteroatoms. The van der Waals surface area contributed by atoms with Gasteiger partial charge in [0.1, 0.15) is 12.4 Å². The molecule has 1 saturated carbocycles. The molecule has 0 bridgehead atoms. The van der Waals surface area contributed by atoms with E-state index in [0.29, 0.717) is 16.5 Å². The fraction of sp³-hybridized carbons (Fsp3) is 0.556. The van der Waals surface area contributed by atoms with Crippen LogP contribution in [0.15, 0.2) is 18.2 Å². The molecule has 0 aromatic heterocycles. The van der Waals surface area contributed by atoms with Gasteiger partial charge < -0.3 is 4.90 Å². The van der Waals surface area contributed by atoms with Gasteiger partial charge in [0, 0.05) is 18.7 Å². The maximum absolute atomic E-state index is 10.8. The second-order valence-electron chi connectivity index (χ2n) is 6.55. The monoisotopic (exact) mass is 282 g/mol. The largest absolute Gasteiger partial charge is 0.370 e. The van der Waals surface area contributed by atoms with Crippen molar-refractivity contribution in [1.29, 1.82) is 5.26 Å². The van der Waals surface area contributed by atoms with E-state index >= 15 is 0 Å². The first-order valence-corrected chi connectivity index (χ1v) is 8.01. The maximum Gasteiger partial charge on any atom is 0.150 e. The first-order chi connectivity index (χ1) is 10.3. The summed E-state index contributed by atoms with van der Waals surface area (Å²) in [4.78, 5) is 13.2. The molecule has 1 aliphatic heterocycles. The van der Waals surface area contributed by atoms with E-state index in [-0.39, 0.29) is 0 Å². The summed E-state index contributed by atoms with van der Waals surface area (Å²) in [5.74, 6) is 0. The molecule has 3 rings (SSSR count). The predicted octanol–water partition coefficient (Wildman–Crippen LogP) is 3.92. The zero-order valence-corrected chi connectivity index (χ0v) is 12.5. The molecule has 1 aliphatic carbocycles. The van der Waals surface area contributed by atoms with Gasteiger partial charge in [0.05, 0.1) is 11.3 Å². The summed E-state index contributed by atoms with van der Waals surface area (Å²) in [5.41, 5.74) is 2.77. The van der Waals surface area contributed by atoms with Gasteiger partial charge in [0.2, 0.25) is 0 Å². The highest BCUT2D eigenvalue weighted by Crippen LogP contribution is 2.45. The summed E-state index contributed by atoms with van der Waals surface area (Å²) in [5, 5.41) is 9.32. The standard InChI is InChI=1S/C18H22N2O/c19-13-16-12-15(14-21)4-5-17(16)20-10-8-18(9-11-20)6-2-1-3-7-18/h4-5,12,14H,1-3,6-11H2. The SMILES string of the molecule is N#Cc1cc(C=O)ccc1N1CCC2(CCCCC2)CC1. The number of hydrogen-bond acceptors (Lipinski definition) is 3. The topological polar surface area (TPSA) is 44.1 Å². The molecule has 21 heavy (non-hydrogen) atoms. The molecular formula is C18H22N2O. The number of aldehydes is 1. The van der Waals surface area contributed by atoms with Crippen LogP contribution in [-0.2, 0) is 0 Å². The number of nitrogens with zero attached hydrogens (tertiary/aromatic N) is 2. The zero-order valence-electron chi connectivity index (χ0n) is 12.5. The van der Waals surface area contributed by atoms with Crippen molar-refractivity contribution in [2.24, 2.45) is 5.41 Å². The van der Waals surface area contributed by atoms with Gasteiger partial charge in [0.15, 0.2) is 0 Å². The lowest BCUT2D eigenvalue weighted by Crippen LogP contribution is -2.41. The molecule has 1 spiro atoms. The molecule has 1 saturated heterocycles. The smallest absolute Gasteiger partial charge is 0.150 e. The van der Waals surface area contributed by atoms with E-state index in [1.165, 1.54) is 44.9 Å². The first kappa shape index (κ1) is 14.1. The Morgan fingerprint density at radius 3 is 2.43 bits per heavy atom. The molecule has 0 unspecified atom stereocenters. The van der Waals surface area contributed by atoms with Gasteiger partial charge in [-0.3, -0.25) is 4.79 Å². The average Bonchev–Trinajstić information content (AvgIpc) is 2.56. The Bertz CT molecular complexity index is 557. The lowest BCUT2D eigenvalue weighted by Gasteiger charge is -2.45. The lowest BCUT2D eigenvalue weighted by molar-refractivity contribution is 0.112. The Morgan fingerprint density at radius 1 is 1.10 bits per heavy atom. The molecule has 0 radical (unpaired) electrons. The van der Waals surface area contributed by atoms with Gasteiger partial charge >= 0.3 is 0 Å². The summed E-state index contributed by atoms with van der Waals surface area (Å²) in [6.07, 6.45) is 10.2. The minimum Gasteiger partial charge on any atom is -0.370 e. The highest BCUT2D eigenvalue weighted by Gasteiger charge is 2.35. The third-order valence-corrected chi connectivity index (χ3v) is 5.36. The molecule has 0 amide bonds. The summed E-state index contributed by atoms with van der Waals surface area (Å²) in [7, 11) is 0. The lowest BCUT2D eigenvalue weighted by atomic mass is 9.68. The van der Waals surface area contributed by atoms with Crippen LogP contribution in [0.5, 0.6) is 0 Å². The number of carbonyl (C=O) groups excluding carboxylic acids is 1. The van der Waals surface area contributed by atoms with Crippen LogP contribution in [0, 0.1) is 16.7 Å². The van der Waals surface area contributed by atoms with Crippen LogP contribution in [0.4, 0.5) is 5.69 Å². The van der Waals surface area contributed by atoms with Crippen LogP contribution in [0.2, 0.25) is 0 Å². The Morgan fingerprint density at radius 2 is 1.81 bits per heavy atom. The van der Waals surface area contributed by atoms with Crippen molar-refractivity contribution >= 4 is 12.0 Å². The number of carbonyl (C=O) groups is 1. The average molecular weight is 282 g/mol. The number of anilines is 1. The van der Waals surface area contributed by atoms with E-state index < -0.39 is 0 Å². The fourth-order valence-electron chi connectivity index (χ4n) is 4.02. The number of piperidine rings is 1. The van der Waals surface area contributed by atoms with Crippen LogP contribution in [0.25, 0.3) is 0 Å². The minimum absolute atomic E-state index is 0.574. The Balaban J connectivity index is 1.75. The molecule has 3 nitrogen and oxygen atoms in total. The molecule has 1 aromatic rings. The Labute approximate surface area is 126 Å². The minimum atomic E-state index is 0.574. The van der Waals surface area contributed by atoms with E-state index in [0.717, 1.165) is 25.1 Å². The van der Waals surface area contributed by atoms with Crippen molar-refractivity contribution in [3.05, 3.63) is 29.3 Å². The van der Waals surface area contributed by atoms with E-state index in [1.807, 2.05) is 12.1 Å². The molecule has 1 aromatic carbocycles. The highest BCUT2D eigenvalue weighted by molar-refractivity contribution is 5.78. The summed E-state index contributed by atoms with van der Waals surface area (Å²) in [6.45, 7) is 2.07. The summed E-state index contributed by atoms with van der Waals surface area (Å²) in [6, 6.07) is 7.69. The van der Waals surface area contributed by atoms with E-state index in [4.69, 9.17) is 0 Å². The summed E-state index contributed by atoms with van der Waals surface area (Å²) >= 11 is 0. The normalized spacial score (nSPS) is 21.0. The van der Waals surface area contributed by atoms with Crippen molar-refractivity contribution in [2.45, 2.75) is 44.9 Å². The van der Waals surface area contributed by atoms with Crippen LogP contribution < -0.4 is 4.90 Å². The van der Waals surface area contributed by atoms with Crippen LogP contribution in [-0.4, -0.2) is 19.4 Å². The summed E-state index contributed by atoms with van der Waals surface area (Å²) < 4.78 is 0. The maximum atomic E-state index is 10.8. The molecule has 110 valence electrons. The quantitative estimate of drug-likeness (QED) is 0.772. The van der Waals surface area contributed by atoms with Gasteiger partial charge in [-0.05, 0) is 49.3 Å². The third kappa shape index (κ3) is 2.81. The van der Waals surface area contributed by atoms with Crippen LogP contribution in [0.1, 0.15) is 60.9 Å². The predicted molar refractivity (Wildman–Crippen MR) is 83.5 cm³/mol. The number of nitriles is 1. The van der Waals surface area contributed by atoms with Crippen molar-refractivity contribution in [2.75, 3.05) is 18.0 Å². The Kier molecular flexibility index (Phi) is 3.96.